The Balaban J connectivity index is 1.78. The summed E-state index contributed by atoms with van der Waals surface area (Å²) in [6.45, 7) is 1.86. The maximum absolute atomic E-state index is 13.5. The lowest BCUT2D eigenvalue weighted by Gasteiger charge is -2.36. The summed E-state index contributed by atoms with van der Waals surface area (Å²) in [5.41, 5.74) is 4.73. The molecule has 0 spiro atoms. The number of ether oxygens (including phenoxy) is 2. The van der Waals surface area contributed by atoms with Crippen LogP contribution >= 0.6 is 15.9 Å². The number of allylic oxidation sites excluding steroid dienone is 3. The molecule has 4 rings (SSSR count). The fourth-order valence-electron chi connectivity index (χ4n) is 4.55. The number of methoxy groups -OCH3 is 2. The second-order valence-electron chi connectivity index (χ2n) is 7.84. The van der Waals surface area contributed by atoms with Crippen molar-refractivity contribution in [2.24, 2.45) is 0 Å². The fraction of sp³-hybridized carbons (Fsp3) is 0.280. The Kier molecular flexibility index (Phi) is 6.01. The van der Waals surface area contributed by atoms with Crippen LogP contribution < -0.4 is 10.1 Å². The first-order valence-electron chi connectivity index (χ1n) is 10.1. The number of hydrogen-bond acceptors (Lipinski definition) is 5. The highest BCUT2D eigenvalue weighted by Crippen LogP contribution is 2.46. The number of carbonyl (C=O) groups excluding carboxylic acids is 2. The maximum Gasteiger partial charge on any atom is 0.336 e. The van der Waals surface area contributed by atoms with Gasteiger partial charge in [-0.2, -0.15) is 0 Å². The number of benzene rings is 2. The number of esters is 1. The number of rotatable bonds is 4. The van der Waals surface area contributed by atoms with E-state index in [0.29, 0.717) is 24.0 Å². The number of hydrogen-bond donors (Lipinski definition) is 1. The molecule has 0 radical (unpaired) electrons. The van der Waals surface area contributed by atoms with Crippen LogP contribution in [0.2, 0.25) is 0 Å². The van der Waals surface area contributed by atoms with E-state index in [1.165, 1.54) is 7.11 Å². The highest BCUT2D eigenvalue weighted by Gasteiger charge is 2.41. The lowest BCUT2D eigenvalue weighted by molar-refractivity contribution is -0.136. The minimum absolute atomic E-state index is 0.0495. The molecule has 2 aromatic rings. The van der Waals surface area contributed by atoms with Crippen molar-refractivity contribution in [2.45, 2.75) is 31.6 Å². The molecule has 6 heteroatoms. The minimum Gasteiger partial charge on any atom is -0.497 e. The summed E-state index contributed by atoms with van der Waals surface area (Å²) in [5, 5.41) is 3.35. The second-order valence-corrected chi connectivity index (χ2v) is 8.75. The Morgan fingerprint density at radius 2 is 1.81 bits per heavy atom. The Labute approximate surface area is 190 Å². The van der Waals surface area contributed by atoms with Gasteiger partial charge in [-0.05, 0) is 54.7 Å². The zero-order valence-corrected chi connectivity index (χ0v) is 19.3. The van der Waals surface area contributed by atoms with Crippen molar-refractivity contribution in [1.29, 1.82) is 0 Å². The van der Waals surface area contributed by atoms with Gasteiger partial charge in [0.05, 0.1) is 19.8 Å². The van der Waals surface area contributed by atoms with Gasteiger partial charge >= 0.3 is 5.97 Å². The third-order valence-corrected chi connectivity index (χ3v) is 6.50. The number of ketones is 1. The van der Waals surface area contributed by atoms with Crippen molar-refractivity contribution in [3.8, 4) is 5.75 Å². The quantitative estimate of drug-likeness (QED) is 0.622. The molecule has 2 aromatic carbocycles. The number of dihydropyridines is 1. The van der Waals surface area contributed by atoms with E-state index in [1.807, 2.05) is 55.5 Å². The van der Waals surface area contributed by atoms with Gasteiger partial charge in [-0.3, -0.25) is 4.79 Å². The molecule has 0 amide bonds. The van der Waals surface area contributed by atoms with E-state index in [1.54, 1.807) is 7.11 Å². The average Bonchev–Trinajstić information content (AvgIpc) is 2.77. The summed E-state index contributed by atoms with van der Waals surface area (Å²) in [7, 11) is 3.01. The Morgan fingerprint density at radius 3 is 2.45 bits per heavy atom. The molecule has 2 atom stereocenters. The van der Waals surface area contributed by atoms with Crippen LogP contribution in [-0.4, -0.2) is 26.0 Å². The highest BCUT2D eigenvalue weighted by molar-refractivity contribution is 9.10. The largest absolute Gasteiger partial charge is 0.497 e. The molecule has 0 saturated heterocycles. The average molecular weight is 482 g/mol. The van der Waals surface area contributed by atoms with E-state index < -0.39 is 11.9 Å². The van der Waals surface area contributed by atoms with Crippen LogP contribution in [0.3, 0.4) is 0 Å². The molecule has 1 aliphatic heterocycles. The molecule has 0 fully saturated rings. The third-order valence-electron chi connectivity index (χ3n) is 6.00. The molecule has 0 unspecified atom stereocenters. The summed E-state index contributed by atoms with van der Waals surface area (Å²) >= 11 is 3.51. The molecule has 31 heavy (non-hydrogen) atoms. The topological polar surface area (TPSA) is 64.6 Å². The van der Waals surface area contributed by atoms with Gasteiger partial charge in [0.2, 0.25) is 0 Å². The molecule has 2 aliphatic rings. The van der Waals surface area contributed by atoms with Gasteiger partial charge in [-0.25, -0.2) is 4.79 Å². The molecule has 160 valence electrons. The Morgan fingerprint density at radius 1 is 1.06 bits per heavy atom. The van der Waals surface area contributed by atoms with Crippen molar-refractivity contribution >= 4 is 27.7 Å². The van der Waals surface area contributed by atoms with Crippen molar-refractivity contribution < 1.29 is 19.1 Å². The van der Waals surface area contributed by atoms with Crippen LogP contribution in [0.15, 0.2) is 75.5 Å². The Bertz CT molecular complexity index is 1100. The summed E-state index contributed by atoms with van der Waals surface area (Å²) in [6.07, 6.45) is 1.09. The van der Waals surface area contributed by atoms with Crippen LogP contribution in [0.5, 0.6) is 5.75 Å². The fourth-order valence-corrected chi connectivity index (χ4v) is 4.97. The van der Waals surface area contributed by atoms with Crippen LogP contribution in [-0.2, 0) is 14.3 Å². The molecule has 0 bridgehead atoms. The number of halogens is 1. The predicted octanol–water partition coefficient (Wildman–Crippen LogP) is 4.99. The molecular formula is C25H24BrNO4. The second kappa shape index (κ2) is 8.71. The summed E-state index contributed by atoms with van der Waals surface area (Å²) in [5.74, 6) is 0.0312. The molecule has 1 aliphatic carbocycles. The van der Waals surface area contributed by atoms with E-state index in [9.17, 15) is 9.59 Å². The van der Waals surface area contributed by atoms with E-state index in [4.69, 9.17) is 9.47 Å². The van der Waals surface area contributed by atoms with Gasteiger partial charge in [0, 0.05) is 33.8 Å². The van der Waals surface area contributed by atoms with Crippen molar-refractivity contribution in [2.75, 3.05) is 14.2 Å². The van der Waals surface area contributed by atoms with Crippen LogP contribution in [0.1, 0.15) is 42.7 Å². The maximum atomic E-state index is 13.5. The van der Waals surface area contributed by atoms with Crippen LogP contribution in [0.4, 0.5) is 0 Å². The van der Waals surface area contributed by atoms with E-state index >= 15 is 0 Å². The first-order chi connectivity index (χ1) is 14.9. The highest BCUT2D eigenvalue weighted by atomic mass is 79.9. The number of nitrogens with one attached hydrogen (secondary N) is 1. The lowest BCUT2D eigenvalue weighted by Crippen LogP contribution is -2.36. The normalized spacial score (nSPS) is 20.8. The standard InChI is InChI=1S/C25H24BrNO4/c1-14-22(25(29)31-3)23(16-5-4-6-18(26)11-16)24-20(27-14)12-17(13-21(24)28)15-7-9-19(30-2)10-8-15/h4-11,17,23,27H,12-13H2,1-3H3/t17-,23+/m1/s1. The van der Waals surface area contributed by atoms with Crippen molar-refractivity contribution in [3.63, 3.8) is 0 Å². The van der Waals surface area contributed by atoms with Gasteiger partial charge in [0.25, 0.3) is 0 Å². The van der Waals surface area contributed by atoms with Crippen LogP contribution in [0, 0.1) is 0 Å². The molecular weight excluding hydrogens is 458 g/mol. The first-order valence-corrected chi connectivity index (χ1v) is 10.9. The first kappa shape index (κ1) is 21.4. The molecule has 1 N–H and O–H groups in total. The van der Waals surface area contributed by atoms with Gasteiger partial charge in [-0.1, -0.05) is 40.2 Å². The van der Waals surface area contributed by atoms with Crippen molar-refractivity contribution in [1.82, 2.24) is 5.32 Å². The van der Waals surface area contributed by atoms with E-state index in [0.717, 1.165) is 32.7 Å². The molecule has 0 aromatic heterocycles. The number of carbonyl (C=O) groups is 2. The van der Waals surface area contributed by atoms with E-state index in [2.05, 4.69) is 21.2 Å². The predicted molar refractivity (Wildman–Crippen MR) is 122 cm³/mol. The van der Waals surface area contributed by atoms with Gasteiger partial charge in [0.15, 0.2) is 5.78 Å². The zero-order valence-electron chi connectivity index (χ0n) is 17.7. The molecule has 5 nitrogen and oxygen atoms in total. The van der Waals surface area contributed by atoms with Crippen molar-refractivity contribution in [3.05, 3.63) is 86.7 Å². The summed E-state index contributed by atoms with van der Waals surface area (Å²) in [4.78, 5) is 26.2. The minimum atomic E-state index is -0.453. The lowest BCUT2D eigenvalue weighted by atomic mass is 9.72. The SMILES string of the molecule is COC(=O)C1=C(C)NC2=C(C(=O)C[C@H](c3ccc(OC)cc3)C2)[C@H]1c1cccc(Br)c1. The van der Waals surface area contributed by atoms with Gasteiger partial charge in [0.1, 0.15) is 5.75 Å². The van der Waals surface area contributed by atoms with Gasteiger partial charge < -0.3 is 14.8 Å². The summed E-state index contributed by atoms with van der Waals surface area (Å²) < 4.78 is 11.2. The summed E-state index contributed by atoms with van der Waals surface area (Å²) in [6, 6.07) is 15.6. The monoisotopic (exact) mass is 481 g/mol. The smallest absolute Gasteiger partial charge is 0.336 e. The Hall–Kier alpha value is -2.86. The zero-order chi connectivity index (χ0) is 22.1. The van der Waals surface area contributed by atoms with Gasteiger partial charge in [-0.15, -0.1) is 0 Å². The number of Topliss-reactive ketones (excluding diaryl/α,β-unsaturated/α-hetero) is 1. The third kappa shape index (κ3) is 4.04. The molecule has 0 saturated carbocycles. The van der Waals surface area contributed by atoms with Crippen LogP contribution in [0.25, 0.3) is 0 Å². The van der Waals surface area contributed by atoms with E-state index in [-0.39, 0.29) is 11.7 Å². The molecule has 1 heterocycles.